The second-order valence-electron chi connectivity index (χ2n) is 4.29. The minimum atomic E-state index is 0.267. The Bertz CT molecular complexity index is 703. The molecule has 2 aromatic carbocycles. The minimum Gasteiger partial charge on any atom is -0.508 e. The first-order valence-electron chi connectivity index (χ1n) is 5.71. The van der Waals surface area contributed by atoms with Crippen molar-refractivity contribution < 1.29 is 5.11 Å². The molecule has 0 amide bonds. The number of hydrogen-bond donors (Lipinski definition) is 2. The Kier molecular flexibility index (Phi) is 2.41. The number of phenolic OH excluding ortho intramolecular Hbond substituents is 1. The Morgan fingerprint density at radius 2 is 2.06 bits per heavy atom. The van der Waals surface area contributed by atoms with Gasteiger partial charge in [-0.2, -0.15) is 5.10 Å². The summed E-state index contributed by atoms with van der Waals surface area (Å²) >= 11 is 0. The molecule has 0 aliphatic heterocycles. The monoisotopic (exact) mass is 239 g/mol. The summed E-state index contributed by atoms with van der Waals surface area (Å²) in [5.41, 5.74) is 8.51. The smallest absolute Gasteiger partial charge is 0.115 e. The number of benzene rings is 2. The van der Waals surface area contributed by atoms with Crippen molar-refractivity contribution in [3.63, 3.8) is 0 Å². The number of fused-ring (bicyclic) bond motifs is 1. The summed E-state index contributed by atoms with van der Waals surface area (Å²) in [4.78, 5) is 0. The lowest BCUT2D eigenvalue weighted by Gasteiger charge is -2.05. The van der Waals surface area contributed by atoms with E-state index in [2.05, 4.69) is 5.10 Å². The highest BCUT2D eigenvalue weighted by atomic mass is 16.3. The molecule has 4 heteroatoms. The SMILES string of the molecule is Nc1ccc2cnn(Cc3cccc(O)c3)c2c1. The zero-order valence-corrected chi connectivity index (χ0v) is 9.74. The normalized spacial score (nSPS) is 10.9. The maximum Gasteiger partial charge on any atom is 0.115 e. The van der Waals surface area contributed by atoms with Crippen LogP contribution in [-0.2, 0) is 6.54 Å². The van der Waals surface area contributed by atoms with Crippen LogP contribution < -0.4 is 5.73 Å². The van der Waals surface area contributed by atoms with Crippen molar-refractivity contribution in [3.8, 4) is 5.75 Å². The Labute approximate surface area is 104 Å². The lowest BCUT2D eigenvalue weighted by atomic mass is 10.2. The average Bonchev–Trinajstić information content (AvgIpc) is 2.72. The molecule has 3 aromatic rings. The Morgan fingerprint density at radius 1 is 1.17 bits per heavy atom. The number of nitrogen functional groups attached to an aromatic ring is 1. The van der Waals surface area contributed by atoms with Gasteiger partial charge < -0.3 is 10.8 Å². The average molecular weight is 239 g/mol. The number of nitrogens with zero attached hydrogens (tertiary/aromatic N) is 2. The van der Waals surface area contributed by atoms with Crippen LogP contribution in [0.3, 0.4) is 0 Å². The van der Waals surface area contributed by atoms with Gasteiger partial charge in [-0.05, 0) is 35.9 Å². The van der Waals surface area contributed by atoms with Gasteiger partial charge in [0.05, 0.1) is 18.3 Å². The van der Waals surface area contributed by atoms with E-state index >= 15 is 0 Å². The van der Waals surface area contributed by atoms with E-state index in [4.69, 9.17) is 5.73 Å². The van der Waals surface area contributed by atoms with Gasteiger partial charge in [-0.25, -0.2) is 0 Å². The third-order valence-corrected chi connectivity index (χ3v) is 2.91. The molecule has 0 bridgehead atoms. The summed E-state index contributed by atoms with van der Waals surface area (Å²) in [7, 11) is 0. The van der Waals surface area contributed by atoms with Crippen LogP contribution in [0.2, 0.25) is 0 Å². The van der Waals surface area contributed by atoms with Gasteiger partial charge >= 0.3 is 0 Å². The molecule has 0 radical (unpaired) electrons. The highest BCUT2D eigenvalue weighted by Gasteiger charge is 2.04. The van der Waals surface area contributed by atoms with Crippen LogP contribution in [0, 0.1) is 0 Å². The molecule has 0 saturated carbocycles. The van der Waals surface area contributed by atoms with Crippen LogP contribution in [-0.4, -0.2) is 14.9 Å². The van der Waals surface area contributed by atoms with Gasteiger partial charge in [0.15, 0.2) is 0 Å². The van der Waals surface area contributed by atoms with Crippen LogP contribution in [0.25, 0.3) is 10.9 Å². The first-order chi connectivity index (χ1) is 8.72. The van der Waals surface area contributed by atoms with E-state index in [9.17, 15) is 5.11 Å². The zero-order chi connectivity index (χ0) is 12.5. The number of anilines is 1. The van der Waals surface area contributed by atoms with E-state index in [1.807, 2.05) is 41.2 Å². The number of nitrogens with two attached hydrogens (primary N) is 1. The molecule has 0 fully saturated rings. The quantitative estimate of drug-likeness (QED) is 0.675. The fraction of sp³-hybridized carbons (Fsp3) is 0.0714. The van der Waals surface area contributed by atoms with Gasteiger partial charge in [-0.15, -0.1) is 0 Å². The number of aromatic hydroxyl groups is 1. The van der Waals surface area contributed by atoms with E-state index in [0.717, 1.165) is 22.2 Å². The van der Waals surface area contributed by atoms with Crippen LogP contribution in [0.1, 0.15) is 5.56 Å². The van der Waals surface area contributed by atoms with Crippen LogP contribution >= 0.6 is 0 Å². The van der Waals surface area contributed by atoms with Crippen molar-refractivity contribution in [2.45, 2.75) is 6.54 Å². The summed E-state index contributed by atoms with van der Waals surface area (Å²) in [5.74, 6) is 0.267. The highest BCUT2D eigenvalue weighted by molar-refractivity contribution is 5.81. The van der Waals surface area contributed by atoms with E-state index in [-0.39, 0.29) is 5.75 Å². The largest absolute Gasteiger partial charge is 0.508 e. The van der Waals surface area contributed by atoms with Crippen LogP contribution in [0.4, 0.5) is 5.69 Å². The molecule has 1 heterocycles. The Morgan fingerprint density at radius 3 is 2.89 bits per heavy atom. The molecule has 90 valence electrons. The fourth-order valence-corrected chi connectivity index (χ4v) is 2.04. The minimum absolute atomic E-state index is 0.267. The van der Waals surface area contributed by atoms with Crippen molar-refractivity contribution in [2.75, 3.05) is 5.73 Å². The lowest BCUT2D eigenvalue weighted by Crippen LogP contribution is -2.01. The first-order valence-corrected chi connectivity index (χ1v) is 5.71. The third-order valence-electron chi connectivity index (χ3n) is 2.91. The predicted molar refractivity (Wildman–Crippen MR) is 71.4 cm³/mol. The second-order valence-corrected chi connectivity index (χ2v) is 4.29. The standard InChI is InChI=1S/C14H13N3O/c15-12-5-4-11-8-16-17(14(11)7-12)9-10-2-1-3-13(18)6-10/h1-8,18H,9,15H2. The number of hydrogen-bond acceptors (Lipinski definition) is 3. The molecule has 18 heavy (non-hydrogen) atoms. The second kappa shape index (κ2) is 4.07. The van der Waals surface area contributed by atoms with Gasteiger partial charge in [0.2, 0.25) is 0 Å². The van der Waals surface area contributed by atoms with Crippen molar-refractivity contribution in [2.24, 2.45) is 0 Å². The fourth-order valence-electron chi connectivity index (χ4n) is 2.04. The predicted octanol–water partition coefficient (Wildman–Crippen LogP) is 2.37. The van der Waals surface area contributed by atoms with E-state index in [1.54, 1.807) is 12.1 Å². The van der Waals surface area contributed by atoms with Crippen molar-refractivity contribution in [1.82, 2.24) is 9.78 Å². The van der Waals surface area contributed by atoms with Gasteiger partial charge in [-0.1, -0.05) is 12.1 Å². The van der Waals surface area contributed by atoms with Gasteiger partial charge in [0.1, 0.15) is 5.75 Å². The summed E-state index contributed by atoms with van der Waals surface area (Å²) < 4.78 is 1.88. The molecule has 3 rings (SSSR count). The number of phenols is 1. The molecule has 0 aliphatic rings. The van der Waals surface area contributed by atoms with Crippen molar-refractivity contribution in [3.05, 3.63) is 54.2 Å². The van der Waals surface area contributed by atoms with E-state index in [0.29, 0.717) is 6.54 Å². The molecule has 0 spiro atoms. The molecule has 0 atom stereocenters. The van der Waals surface area contributed by atoms with E-state index in [1.165, 1.54) is 0 Å². The third kappa shape index (κ3) is 1.88. The zero-order valence-electron chi connectivity index (χ0n) is 9.74. The Balaban J connectivity index is 2.02. The van der Waals surface area contributed by atoms with Crippen LogP contribution in [0.15, 0.2) is 48.7 Å². The lowest BCUT2D eigenvalue weighted by molar-refractivity contribution is 0.474. The molecule has 0 unspecified atom stereocenters. The maximum atomic E-state index is 9.45. The number of aromatic nitrogens is 2. The van der Waals surface area contributed by atoms with Crippen LogP contribution in [0.5, 0.6) is 5.75 Å². The first kappa shape index (κ1) is 10.7. The maximum absolute atomic E-state index is 9.45. The van der Waals surface area contributed by atoms with Crippen molar-refractivity contribution in [1.29, 1.82) is 0 Å². The van der Waals surface area contributed by atoms with Gasteiger partial charge in [-0.3, -0.25) is 4.68 Å². The molecular weight excluding hydrogens is 226 g/mol. The highest BCUT2D eigenvalue weighted by Crippen LogP contribution is 2.19. The summed E-state index contributed by atoms with van der Waals surface area (Å²) in [5, 5.41) is 14.8. The van der Waals surface area contributed by atoms with Gasteiger partial charge in [0, 0.05) is 11.1 Å². The molecule has 1 aromatic heterocycles. The molecule has 4 nitrogen and oxygen atoms in total. The van der Waals surface area contributed by atoms with Gasteiger partial charge in [0.25, 0.3) is 0 Å². The summed E-state index contributed by atoms with van der Waals surface area (Å²) in [6.07, 6.45) is 1.82. The van der Waals surface area contributed by atoms with Crippen molar-refractivity contribution >= 4 is 16.6 Å². The Hall–Kier alpha value is -2.49. The molecular formula is C14H13N3O. The topological polar surface area (TPSA) is 64.1 Å². The van der Waals surface area contributed by atoms with E-state index < -0.39 is 0 Å². The molecule has 0 aliphatic carbocycles. The summed E-state index contributed by atoms with van der Waals surface area (Å²) in [6.45, 7) is 0.612. The number of rotatable bonds is 2. The summed E-state index contributed by atoms with van der Waals surface area (Å²) in [6, 6.07) is 12.9. The molecule has 3 N–H and O–H groups in total. The molecule has 0 saturated heterocycles.